The van der Waals surface area contributed by atoms with E-state index in [4.69, 9.17) is 4.52 Å². The SMILES string of the molecule is c1nc(CCN2CCCNC(C3CCCCC3)C2)no1. The number of nitrogens with one attached hydrogen (secondary N) is 1. The molecule has 1 aliphatic carbocycles. The Kier molecular flexibility index (Phi) is 5.03. The highest BCUT2D eigenvalue weighted by atomic mass is 16.5. The van der Waals surface area contributed by atoms with Gasteiger partial charge < -0.3 is 14.7 Å². The van der Waals surface area contributed by atoms with Crippen LogP contribution in [0.2, 0.25) is 0 Å². The minimum absolute atomic E-state index is 0.683. The van der Waals surface area contributed by atoms with Crippen molar-refractivity contribution in [2.75, 3.05) is 26.2 Å². The molecule has 0 radical (unpaired) electrons. The van der Waals surface area contributed by atoms with E-state index in [-0.39, 0.29) is 0 Å². The predicted molar refractivity (Wildman–Crippen MR) is 77.4 cm³/mol. The summed E-state index contributed by atoms with van der Waals surface area (Å²) in [6.45, 7) is 4.58. The predicted octanol–water partition coefficient (Wildman–Crippen LogP) is 1.86. The Labute approximate surface area is 121 Å². The Hall–Kier alpha value is -0.940. The third-order valence-electron chi connectivity index (χ3n) is 4.79. The molecule has 112 valence electrons. The van der Waals surface area contributed by atoms with Crippen molar-refractivity contribution in [3.8, 4) is 0 Å². The van der Waals surface area contributed by atoms with E-state index in [1.165, 1.54) is 64.6 Å². The first kappa shape index (κ1) is 14.0. The van der Waals surface area contributed by atoms with Gasteiger partial charge in [-0.3, -0.25) is 0 Å². The van der Waals surface area contributed by atoms with Gasteiger partial charge in [0, 0.05) is 25.6 Å². The van der Waals surface area contributed by atoms with Gasteiger partial charge in [0.05, 0.1) is 0 Å². The van der Waals surface area contributed by atoms with Crippen LogP contribution < -0.4 is 5.32 Å². The van der Waals surface area contributed by atoms with Gasteiger partial charge >= 0.3 is 0 Å². The lowest BCUT2D eigenvalue weighted by atomic mass is 9.83. The highest BCUT2D eigenvalue weighted by Crippen LogP contribution is 2.27. The van der Waals surface area contributed by atoms with Crippen LogP contribution in [0.3, 0.4) is 0 Å². The van der Waals surface area contributed by atoms with Crippen LogP contribution in [0.1, 0.15) is 44.3 Å². The normalized spacial score (nSPS) is 26.5. The van der Waals surface area contributed by atoms with Gasteiger partial charge in [0.15, 0.2) is 5.82 Å². The minimum Gasteiger partial charge on any atom is -0.343 e. The summed E-state index contributed by atoms with van der Waals surface area (Å²) < 4.78 is 4.80. The number of aromatic nitrogens is 2. The van der Waals surface area contributed by atoms with Crippen LogP contribution in [0.15, 0.2) is 10.9 Å². The number of rotatable bonds is 4. The Morgan fingerprint density at radius 1 is 1.25 bits per heavy atom. The van der Waals surface area contributed by atoms with E-state index in [2.05, 4.69) is 20.4 Å². The fourth-order valence-electron chi connectivity index (χ4n) is 3.64. The Balaban J connectivity index is 1.51. The van der Waals surface area contributed by atoms with Gasteiger partial charge in [-0.05, 0) is 38.3 Å². The van der Waals surface area contributed by atoms with Crippen LogP contribution in [-0.4, -0.2) is 47.3 Å². The molecule has 1 aromatic heterocycles. The van der Waals surface area contributed by atoms with Gasteiger partial charge in [0.1, 0.15) is 0 Å². The zero-order chi connectivity index (χ0) is 13.6. The van der Waals surface area contributed by atoms with Crippen LogP contribution in [0.5, 0.6) is 0 Å². The molecular weight excluding hydrogens is 252 g/mol. The molecule has 0 spiro atoms. The summed E-state index contributed by atoms with van der Waals surface area (Å²) in [7, 11) is 0. The van der Waals surface area contributed by atoms with Crippen molar-refractivity contribution in [1.82, 2.24) is 20.4 Å². The van der Waals surface area contributed by atoms with Crippen molar-refractivity contribution in [2.45, 2.75) is 51.0 Å². The second kappa shape index (κ2) is 7.18. The van der Waals surface area contributed by atoms with E-state index in [0.717, 1.165) is 24.7 Å². The highest BCUT2D eigenvalue weighted by molar-refractivity contribution is 4.86. The molecule has 1 unspecified atom stereocenters. The molecule has 20 heavy (non-hydrogen) atoms. The zero-order valence-corrected chi connectivity index (χ0v) is 12.3. The van der Waals surface area contributed by atoms with E-state index in [1.807, 2.05) is 0 Å². The molecule has 2 fully saturated rings. The average Bonchev–Trinajstić information content (AvgIpc) is 2.90. The molecule has 0 aromatic carbocycles. The zero-order valence-electron chi connectivity index (χ0n) is 12.3. The lowest BCUT2D eigenvalue weighted by Gasteiger charge is -2.32. The lowest BCUT2D eigenvalue weighted by Crippen LogP contribution is -2.44. The molecule has 0 bridgehead atoms. The molecule has 2 heterocycles. The van der Waals surface area contributed by atoms with Gasteiger partial charge in [-0.15, -0.1) is 0 Å². The van der Waals surface area contributed by atoms with E-state index in [0.29, 0.717) is 6.04 Å². The van der Waals surface area contributed by atoms with Crippen LogP contribution in [0, 0.1) is 5.92 Å². The molecular formula is C15H26N4O. The Morgan fingerprint density at radius 2 is 2.15 bits per heavy atom. The topological polar surface area (TPSA) is 54.2 Å². The Morgan fingerprint density at radius 3 is 2.95 bits per heavy atom. The highest BCUT2D eigenvalue weighted by Gasteiger charge is 2.26. The largest absolute Gasteiger partial charge is 0.343 e. The number of hydrogen-bond donors (Lipinski definition) is 1. The lowest BCUT2D eigenvalue weighted by molar-refractivity contribution is 0.206. The summed E-state index contributed by atoms with van der Waals surface area (Å²) >= 11 is 0. The molecule has 1 aromatic rings. The van der Waals surface area contributed by atoms with Gasteiger partial charge in [-0.1, -0.05) is 24.4 Å². The summed E-state index contributed by atoms with van der Waals surface area (Å²) in [5, 5.41) is 7.69. The monoisotopic (exact) mass is 278 g/mol. The molecule has 5 nitrogen and oxygen atoms in total. The van der Waals surface area contributed by atoms with E-state index >= 15 is 0 Å². The first-order chi connectivity index (χ1) is 9.92. The maximum atomic E-state index is 4.80. The minimum atomic E-state index is 0.683. The van der Waals surface area contributed by atoms with E-state index in [9.17, 15) is 0 Å². The van der Waals surface area contributed by atoms with E-state index < -0.39 is 0 Å². The second-order valence-corrected chi connectivity index (χ2v) is 6.21. The molecule has 1 N–H and O–H groups in total. The second-order valence-electron chi connectivity index (χ2n) is 6.21. The van der Waals surface area contributed by atoms with Crippen LogP contribution >= 0.6 is 0 Å². The van der Waals surface area contributed by atoms with Gasteiger partial charge in [0.25, 0.3) is 0 Å². The van der Waals surface area contributed by atoms with Crippen LogP contribution in [-0.2, 0) is 6.42 Å². The van der Waals surface area contributed by atoms with Gasteiger partial charge in [0.2, 0.25) is 6.39 Å². The fraction of sp³-hybridized carbons (Fsp3) is 0.867. The van der Waals surface area contributed by atoms with Crippen molar-refractivity contribution in [1.29, 1.82) is 0 Å². The van der Waals surface area contributed by atoms with Gasteiger partial charge in [-0.25, -0.2) is 0 Å². The average molecular weight is 278 g/mol. The maximum Gasteiger partial charge on any atom is 0.213 e. The molecule has 1 atom stereocenters. The van der Waals surface area contributed by atoms with Crippen molar-refractivity contribution in [3.05, 3.63) is 12.2 Å². The summed E-state index contributed by atoms with van der Waals surface area (Å²) in [4.78, 5) is 6.69. The third kappa shape index (κ3) is 3.79. The maximum absolute atomic E-state index is 4.80. The summed E-state index contributed by atoms with van der Waals surface area (Å²) in [6.07, 6.45) is 10.7. The van der Waals surface area contributed by atoms with Crippen molar-refractivity contribution in [2.24, 2.45) is 5.92 Å². The fourth-order valence-corrected chi connectivity index (χ4v) is 3.64. The summed E-state index contributed by atoms with van der Waals surface area (Å²) in [6, 6.07) is 0.683. The first-order valence-corrected chi connectivity index (χ1v) is 8.13. The molecule has 3 rings (SSSR count). The molecule has 1 saturated heterocycles. The van der Waals surface area contributed by atoms with E-state index in [1.54, 1.807) is 0 Å². The molecule has 5 heteroatoms. The smallest absolute Gasteiger partial charge is 0.213 e. The molecule has 0 amide bonds. The molecule has 1 saturated carbocycles. The standard InChI is InChI=1S/C15H26N4O/c1-2-5-13(6-3-1)14-11-19(9-4-8-16-14)10-7-15-17-12-20-18-15/h12-14,16H,1-11H2. The number of hydrogen-bond acceptors (Lipinski definition) is 5. The van der Waals surface area contributed by atoms with Crippen molar-refractivity contribution in [3.63, 3.8) is 0 Å². The van der Waals surface area contributed by atoms with Gasteiger partial charge in [-0.2, -0.15) is 4.98 Å². The van der Waals surface area contributed by atoms with Crippen LogP contribution in [0.25, 0.3) is 0 Å². The summed E-state index contributed by atoms with van der Waals surface area (Å²) in [5.41, 5.74) is 0. The number of nitrogens with zero attached hydrogens (tertiary/aromatic N) is 3. The molecule has 1 aliphatic heterocycles. The quantitative estimate of drug-likeness (QED) is 0.911. The van der Waals surface area contributed by atoms with Crippen molar-refractivity contribution < 1.29 is 4.52 Å². The van der Waals surface area contributed by atoms with Crippen molar-refractivity contribution >= 4 is 0 Å². The van der Waals surface area contributed by atoms with Crippen LogP contribution in [0.4, 0.5) is 0 Å². The third-order valence-corrected chi connectivity index (χ3v) is 4.79. The first-order valence-electron chi connectivity index (χ1n) is 8.13. The molecule has 2 aliphatic rings. The Bertz CT molecular complexity index is 375. The summed E-state index contributed by atoms with van der Waals surface area (Å²) in [5.74, 6) is 1.71.